The Labute approximate surface area is 140 Å². The highest BCUT2D eigenvalue weighted by molar-refractivity contribution is 7.14. The highest BCUT2D eigenvalue weighted by Gasteiger charge is 2.30. The highest BCUT2D eigenvalue weighted by atomic mass is 32.1. The quantitative estimate of drug-likeness (QED) is 0.904. The van der Waals surface area contributed by atoms with Crippen LogP contribution in [0, 0.1) is 0 Å². The number of hydrogen-bond acceptors (Lipinski definition) is 5. The van der Waals surface area contributed by atoms with E-state index >= 15 is 0 Å². The van der Waals surface area contributed by atoms with Gasteiger partial charge in [-0.1, -0.05) is 0 Å². The van der Waals surface area contributed by atoms with E-state index in [9.17, 15) is 9.59 Å². The zero-order chi connectivity index (χ0) is 16.4. The number of nitrogens with two attached hydrogens (primary N) is 1. The molecule has 6 nitrogen and oxygen atoms in total. The molecule has 2 unspecified atom stereocenters. The van der Waals surface area contributed by atoms with Crippen LogP contribution in [0.4, 0.5) is 5.13 Å². The van der Waals surface area contributed by atoms with Crippen molar-refractivity contribution in [1.82, 2.24) is 9.88 Å². The molecular weight excluding hydrogens is 312 g/mol. The highest BCUT2D eigenvalue weighted by Crippen LogP contribution is 2.26. The number of nitrogens with zero attached hydrogens (tertiary/aromatic N) is 3. The normalized spacial score (nSPS) is 23.4. The van der Waals surface area contributed by atoms with Crippen LogP contribution in [0.25, 0.3) is 0 Å². The Bertz CT molecular complexity index is 586. The molecule has 2 N–H and O–H groups in total. The smallest absolute Gasteiger partial charge is 0.228 e. The van der Waals surface area contributed by atoms with Crippen molar-refractivity contribution < 1.29 is 9.59 Å². The van der Waals surface area contributed by atoms with Crippen LogP contribution < -0.4 is 10.6 Å². The largest absolute Gasteiger partial charge is 0.338 e. The first-order valence-electron chi connectivity index (χ1n) is 8.36. The molecule has 126 valence electrons. The van der Waals surface area contributed by atoms with Crippen LogP contribution in [0.15, 0.2) is 5.38 Å². The summed E-state index contributed by atoms with van der Waals surface area (Å²) in [6, 6.07) is 0.127. The number of likely N-dealkylation sites (tertiary alicyclic amines) is 1. The lowest BCUT2D eigenvalue weighted by Crippen LogP contribution is -2.52. The van der Waals surface area contributed by atoms with Crippen molar-refractivity contribution in [3.63, 3.8) is 0 Å². The molecule has 2 amide bonds. The van der Waals surface area contributed by atoms with Gasteiger partial charge < -0.3 is 10.6 Å². The Kier molecular flexibility index (Phi) is 4.96. The maximum absolute atomic E-state index is 12.6. The molecule has 0 spiro atoms. The molecule has 2 fully saturated rings. The summed E-state index contributed by atoms with van der Waals surface area (Å²) in [5, 5.41) is 2.61. The lowest BCUT2D eigenvalue weighted by Gasteiger charge is -2.38. The minimum absolute atomic E-state index is 0.00698. The average molecular weight is 336 g/mol. The second kappa shape index (κ2) is 6.97. The van der Waals surface area contributed by atoms with Crippen LogP contribution in [0.1, 0.15) is 44.7 Å². The maximum Gasteiger partial charge on any atom is 0.228 e. The summed E-state index contributed by atoms with van der Waals surface area (Å²) in [7, 11) is 0. The molecule has 2 atom stereocenters. The van der Waals surface area contributed by atoms with Crippen molar-refractivity contribution >= 4 is 28.3 Å². The van der Waals surface area contributed by atoms with Crippen molar-refractivity contribution in [3.05, 3.63) is 11.1 Å². The molecule has 0 bridgehead atoms. The number of piperidine rings is 1. The Morgan fingerprint density at radius 3 is 2.96 bits per heavy atom. The Balaban J connectivity index is 1.65. The van der Waals surface area contributed by atoms with Gasteiger partial charge in [0.15, 0.2) is 5.13 Å². The van der Waals surface area contributed by atoms with Crippen molar-refractivity contribution in [2.45, 2.75) is 57.5 Å². The number of aromatic nitrogens is 1. The molecule has 0 saturated carbocycles. The summed E-state index contributed by atoms with van der Waals surface area (Å²) in [6.45, 7) is 3.49. The van der Waals surface area contributed by atoms with E-state index in [2.05, 4.69) is 4.98 Å². The van der Waals surface area contributed by atoms with Crippen molar-refractivity contribution in [2.24, 2.45) is 5.73 Å². The molecule has 23 heavy (non-hydrogen) atoms. The van der Waals surface area contributed by atoms with Crippen LogP contribution in [-0.2, 0) is 16.0 Å². The van der Waals surface area contributed by atoms with E-state index in [-0.39, 0.29) is 23.9 Å². The van der Waals surface area contributed by atoms with E-state index in [0.29, 0.717) is 12.8 Å². The Morgan fingerprint density at radius 1 is 1.43 bits per heavy atom. The average Bonchev–Trinajstić information content (AvgIpc) is 3.15. The van der Waals surface area contributed by atoms with Gasteiger partial charge >= 0.3 is 0 Å². The van der Waals surface area contributed by atoms with Crippen molar-refractivity contribution in [3.8, 4) is 0 Å². The fraction of sp³-hybridized carbons (Fsp3) is 0.688. The molecule has 0 aliphatic carbocycles. The van der Waals surface area contributed by atoms with Gasteiger partial charge in [-0.05, 0) is 32.6 Å². The first-order valence-corrected chi connectivity index (χ1v) is 9.24. The number of thiazole rings is 1. The molecule has 1 aromatic heterocycles. The van der Waals surface area contributed by atoms with Gasteiger partial charge in [0, 0.05) is 37.0 Å². The molecule has 3 heterocycles. The molecule has 2 aliphatic heterocycles. The second-order valence-electron chi connectivity index (χ2n) is 6.46. The summed E-state index contributed by atoms with van der Waals surface area (Å²) < 4.78 is 0. The Hall–Kier alpha value is -1.47. The molecule has 1 aromatic rings. The minimum Gasteiger partial charge on any atom is -0.338 e. The number of hydrogen-bond donors (Lipinski definition) is 1. The third-order valence-electron chi connectivity index (χ3n) is 4.65. The molecule has 7 heteroatoms. The lowest BCUT2D eigenvalue weighted by atomic mass is 9.96. The SMILES string of the molecule is CC(N)C1CCCCN1C(=O)Cc1csc(N2CCCC2=O)n1. The van der Waals surface area contributed by atoms with Gasteiger partial charge in [-0.25, -0.2) is 4.98 Å². The van der Waals surface area contributed by atoms with E-state index < -0.39 is 0 Å². The summed E-state index contributed by atoms with van der Waals surface area (Å²) in [6.07, 6.45) is 4.93. The van der Waals surface area contributed by atoms with Crippen LogP contribution in [0.5, 0.6) is 0 Å². The first kappa shape index (κ1) is 16.4. The van der Waals surface area contributed by atoms with Crippen LogP contribution in [-0.4, -0.2) is 46.9 Å². The molecule has 2 saturated heterocycles. The summed E-state index contributed by atoms with van der Waals surface area (Å²) in [5.41, 5.74) is 6.79. The molecule has 0 aromatic carbocycles. The summed E-state index contributed by atoms with van der Waals surface area (Å²) >= 11 is 1.44. The van der Waals surface area contributed by atoms with Crippen LogP contribution >= 0.6 is 11.3 Å². The van der Waals surface area contributed by atoms with E-state index in [4.69, 9.17) is 5.73 Å². The molecule has 2 aliphatic rings. The third-order valence-corrected chi connectivity index (χ3v) is 5.57. The van der Waals surface area contributed by atoms with Gasteiger partial charge in [-0.3, -0.25) is 14.5 Å². The van der Waals surface area contributed by atoms with Crippen molar-refractivity contribution in [2.75, 3.05) is 18.0 Å². The number of rotatable bonds is 4. The standard InChI is InChI=1S/C16H24N4O2S/c1-11(17)13-5-2-3-7-19(13)15(22)9-12-10-23-16(18-12)20-8-4-6-14(20)21/h10-11,13H,2-9,17H2,1H3. The van der Waals surface area contributed by atoms with Gasteiger partial charge in [0.2, 0.25) is 11.8 Å². The van der Waals surface area contributed by atoms with E-state index in [1.165, 1.54) is 11.3 Å². The van der Waals surface area contributed by atoms with Crippen LogP contribution in [0.2, 0.25) is 0 Å². The van der Waals surface area contributed by atoms with Gasteiger partial charge in [0.25, 0.3) is 0 Å². The minimum atomic E-state index is -0.00698. The third kappa shape index (κ3) is 3.55. The number of amides is 2. The summed E-state index contributed by atoms with van der Waals surface area (Å²) in [5.74, 6) is 0.224. The fourth-order valence-electron chi connectivity index (χ4n) is 3.42. The van der Waals surface area contributed by atoms with Crippen molar-refractivity contribution in [1.29, 1.82) is 0 Å². The van der Waals surface area contributed by atoms with Gasteiger partial charge in [-0.15, -0.1) is 11.3 Å². The lowest BCUT2D eigenvalue weighted by molar-refractivity contribution is -0.134. The second-order valence-corrected chi connectivity index (χ2v) is 7.29. The van der Waals surface area contributed by atoms with Crippen LogP contribution in [0.3, 0.4) is 0 Å². The number of anilines is 1. The Morgan fingerprint density at radius 2 is 2.26 bits per heavy atom. The fourth-order valence-corrected chi connectivity index (χ4v) is 4.29. The predicted molar refractivity (Wildman–Crippen MR) is 90.4 cm³/mol. The monoisotopic (exact) mass is 336 g/mol. The topological polar surface area (TPSA) is 79.5 Å². The molecular formula is C16H24N4O2S. The molecule has 3 rings (SSSR count). The van der Waals surface area contributed by atoms with E-state index in [1.54, 1.807) is 4.90 Å². The number of carbonyl (C=O) groups excluding carboxylic acids is 2. The zero-order valence-corrected chi connectivity index (χ0v) is 14.3. The number of carbonyl (C=O) groups is 2. The first-order chi connectivity index (χ1) is 11.1. The predicted octanol–water partition coefficient (Wildman–Crippen LogP) is 1.54. The summed E-state index contributed by atoms with van der Waals surface area (Å²) in [4.78, 5) is 32.6. The van der Waals surface area contributed by atoms with Gasteiger partial charge in [0.05, 0.1) is 12.1 Å². The zero-order valence-electron chi connectivity index (χ0n) is 13.5. The van der Waals surface area contributed by atoms with E-state index in [0.717, 1.165) is 49.6 Å². The van der Waals surface area contributed by atoms with Gasteiger partial charge in [-0.2, -0.15) is 0 Å². The molecule has 0 radical (unpaired) electrons. The maximum atomic E-state index is 12.6. The van der Waals surface area contributed by atoms with Gasteiger partial charge in [0.1, 0.15) is 0 Å². The van der Waals surface area contributed by atoms with E-state index in [1.807, 2.05) is 17.2 Å².